The first-order valence-corrected chi connectivity index (χ1v) is 6.10. The van der Waals surface area contributed by atoms with Crippen molar-refractivity contribution in [2.45, 2.75) is 4.21 Å². The van der Waals surface area contributed by atoms with Gasteiger partial charge in [-0.05, 0) is 28.1 Å². The number of benzene rings is 1. The van der Waals surface area contributed by atoms with E-state index in [1.807, 2.05) is 6.07 Å². The molecule has 2 rings (SSSR count). The standard InChI is InChI=1S/C8H4Br2S2/c9-4-1-2-5-6(3-4)12-8(11)7(5)10/h1-3,11H. The summed E-state index contributed by atoms with van der Waals surface area (Å²) in [5, 5.41) is 1.23. The van der Waals surface area contributed by atoms with Gasteiger partial charge in [0.15, 0.2) is 0 Å². The quantitative estimate of drug-likeness (QED) is 0.667. The third kappa shape index (κ3) is 1.45. The van der Waals surface area contributed by atoms with Gasteiger partial charge in [-0.15, -0.1) is 24.0 Å². The minimum absolute atomic E-state index is 1.03. The fourth-order valence-corrected chi connectivity index (χ4v) is 3.55. The molecule has 0 bridgehead atoms. The minimum atomic E-state index is 1.03. The summed E-state index contributed by atoms with van der Waals surface area (Å²) in [6.45, 7) is 0. The smallest absolute Gasteiger partial charge is 0.0723 e. The van der Waals surface area contributed by atoms with E-state index < -0.39 is 0 Å². The normalized spacial score (nSPS) is 10.9. The van der Waals surface area contributed by atoms with Crippen molar-refractivity contribution < 1.29 is 0 Å². The van der Waals surface area contributed by atoms with Crippen LogP contribution in [-0.2, 0) is 0 Å². The number of thiol groups is 1. The Hall–Kier alpha value is 0.490. The second kappa shape index (κ2) is 3.33. The van der Waals surface area contributed by atoms with E-state index in [1.165, 1.54) is 10.1 Å². The highest BCUT2D eigenvalue weighted by Gasteiger charge is 2.06. The van der Waals surface area contributed by atoms with Crippen LogP contribution in [0, 0.1) is 0 Å². The van der Waals surface area contributed by atoms with Crippen LogP contribution in [0.25, 0.3) is 10.1 Å². The predicted octanol–water partition coefficient (Wildman–Crippen LogP) is 4.72. The molecule has 0 aliphatic rings. The molecular formula is C8H4Br2S2. The Bertz CT molecular complexity index is 434. The van der Waals surface area contributed by atoms with Crippen molar-refractivity contribution in [3.8, 4) is 0 Å². The summed E-state index contributed by atoms with van der Waals surface area (Å²) in [5.41, 5.74) is 0. The highest BCUT2D eigenvalue weighted by Crippen LogP contribution is 2.38. The Morgan fingerprint density at radius 3 is 2.75 bits per heavy atom. The molecule has 0 aliphatic heterocycles. The Morgan fingerprint density at radius 1 is 1.25 bits per heavy atom. The van der Waals surface area contributed by atoms with Crippen LogP contribution in [0.3, 0.4) is 0 Å². The molecular weight excluding hydrogens is 320 g/mol. The molecule has 12 heavy (non-hydrogen) atoms. The van der Waals surface area contributed by atoms with Crippen LogP contribution < -0.4 is 0 Å². The number of hydrogen-bond donors (Lipinski definition) is 1. The Morgan fingerprint density at radius 2 is 2.00 bits per heavy atom. The molecule has 1 aromatic heterocycles. The maximum Gasteiger partial charge on any atom is 0.0723 e. The lowest BCUT2D eigenvalue weighted by molar-refractivity contribution is 1.68. The van der Waals surface area contributed by atoms with Gasteiger partial charge in [0, 0.05) is 19.0 Å². The summed E-state index contributed by atoms with van der Waals surface area (Å²) in [6, 6.07) is 6.22. The average molecular weight is 324 g/mol. The van der Waals surface area contributed by atoms with Crippen molar-refractivity contribution in [3.05, 3.63) is 27.1 Å². The Kier molecular flexibility index (Phi) is 2.51. The molecule has 1 heterocycles. The molecule has 0 saturated heterocycles. The van der Waals surface area contributed by atoms with Crippen molar-refractivity contribution in [3.63, 3.8) is 0 Å². The fraction of sp³-hybridized carbons (Fsp3) is 0. The van der Waals surface area contributed by atoms with Gasteiger partial charge in [0.2, 0.25) is 0 Å². The third-order valence-electron chi connectivity index (χ3n) is 1.57. The van der Waals surface area contributed by atoms with Crippen LogP contribution in [0.5, 0.6) is 0 Å². The third-order valence-corrected chi connectivity index (χ3v) is 4.91. The lowest BCUT2D eigenvalue weighted by Crippen LogP contribution is -1.64. The van der Waals surface area contributed by atoms with Crippen molar-refractivity contribution in [2.24, 2.45) is 0 Å². The first kappa shape index (κ1) is 9.06. The van der Waals surface area contributed by atoms with E-state index in [1.54, 1.807) is 11.3 Å². The van der Waals surface area contributed by atoms with Gasteiger partial charge >= 0.3 is 0 Å². The molecule has 0 atom stereocenters. The average Bonchev–Trinajstić information content (AvgIpc) is 2.28. The summed E-state index contributed by atoms with van der Waals surface area (Å²) < 4.78 is 4.49. The number of fused-ring (bicyclic) bond motifs is 1. The molecule has 0 nitrogen and oxygen atoms in total. The zero-order valence-electron chi connectivity index (χ0n) is 5.84. The molecule has 0 N–H and O–H groups in total. The molecule has 62 valence electrons. The molecule has 0 fully saturated rings. The summed E-state index contributed by atoms with van der Waals surface area (Å²) in [7, 11) is 0. The summed E-state index contributed by atoms with van der Waals surface area (Å²) >= 11 is 13.0. The van der Waals surface area contributed by atoms with Gasteiger partial charge in [0.25, 0.3) is 0 Å². The molecule has 2 aromatic rings. The van der Waals surface area contributed by atoms with Crippen molar-refractivity contribution in [1.82, 2.24) is 0 Å². The van der Waals surface area contributed by atoms with Crippen molar-refractivity contribution >= 4 is 65.9 Å². The van der Waals surface area contributed by atoms with Crippen LogP contribution in [0.15, 0.2) is 31.4 Å². The number of halogens is 2. The summed E-state index contributed by atoms with van der Waals surface area (Å²) in [5.74, 6) is 0. The molecule has 0 unspecified atom stereocenters. The lowest BCUT2D eigenvalue weighted by atomic mass is 10.3. The minimum Gasteiger partial charge on any atom is -0.132 e. The second-order valence-corrected chi connectivity index (χ2v) is 5.87. The zero-order valence-corrected chi connectivity index (χ0v) is 10.7. The van der Waals surface area contributed by atoms with Gasteiger partial charge < -0.3 is 0 Å². The highest BCUT2D eigenvalue weighted by atomic mass is 79.9. The number of thiophene rings is 1. The lowest BCUT2D eigenvalue weighted by Gasteiger charge is -1.90. The molecule has 1 aromatic carbocycles. The van der Waals surface area contributed by atoms with Crippen molar-refractivity contribution in [2.75, 3.05) is 0 Å². The van der Waals surface area contributed by atoms with Crippen LogP contribution in [0.2, 0.25) is 0 Å². The van der Waals surface area contributed by atoms with Crippen LogP contribution >= 0.6 is 55.8 Å². The topological polar surface area (TPSA) is 0 Å². The monoisotopic (exact) mass is 322 g/mol. The molecule has 0 radical (unpaired) electrons. The first-order valence-electron chi connectivity index (χ1n) is 3.25. The van der Waals surface area contributed by atoms with E-state index in [4.69, 9.17) is 0 Å². The van der Waals surface area contributed by atoms with Crippen LogP contribution in [0.1, 0.15) is 0 Å². The summed E-state index contributed by atoms with van der Waals surface area (Å²) in [6.07, 6.45) is 0. The maximum absolute atomic E-state index is 4.35. The van der Waals surface area contributed by atoms with E-state index in [2.05, 4.69) is 56.6 Å². The van der Waals surface area contributed by atoms with E-state index in [9.17, 15) is 0 Å². The van der Waals surface area contributed by atoms with Crippen LogP contribution in [0.4, 0.5) is 0 Å². The van der Waals surface area contributed by atoms with E-state index in [-0.39, 0.29) is 0 Å². The molecule has 0 spiro atoms. The van der Waals surface area contributed by atoms with E-state index in [0.29, 0.717) is 0 Å². The summed E-state index contributed by atoms with van der Waals surface area (Å²) in [4.78, 5) is 0. The van der Waals surface area contributed by atoms with Gasteiger partial charge in [-0.25, -0.2) is 0 Å². The van der Waals surface area contributed by atoms with Gasteiger partial charge in [0.1, 0.15) is 0 Å². The maximum atomic E-state index is 4.35. The Balaban J connectivity index is 2.87. The predicted molar refractivity (Wildman–Crippen MR) is 64.5 cm³/mol. The highest BCUT2D eigenvalue weighted by molar-refractivity contribution is 9.11. The van der Waals surface area contributed by atoms with Gasteiger partial charge in [-0.1, -0.05) is 22.0 Å². The second-order valence-electron chi connectivity index (χ2n) is 2.36. The number of rotatable bonds is 0. The van der Waals surface area contributed by atoms with Gasteiger partial charge in [-0.3, -0.25) is 0 Å². The van der Waals surface area contributed by atoms with Crippen LogP contribution in [-0.4, -0.2) is 0 Å². The molecule has 0 amide bonds. The van der Waals surface area contributed by atoms with Gasteiger partial charge in [-0.2, -0.15) is 0 Å². The fourth-order valence-electron chi connectivity index (χ4n) is 1.03. The molecule has 0 aliphatic carbocycles. The van der Waals surface area contributed by atoms with E-state index >= 15 is 0 Å². The van der Waals surface area contributed by atoms with Gasteiger partial charge in [0.05, 0.1) is 4.21 Å². The number of hydrogen-bond acceptors (Lipinski definition) is 2. The molecule has 0 saturated carbocycles. The SMILES string of the molecule is Sc1sc2cc(Br)ccc2c1Br. The largest absolute Gasteiger partial charge is 0.132 e. The first-order chi connectivity index (χ1) is 5.68. The Labute approximate surface area is 96.6 Å². The van der Waals surface area contributed by atoms with E-state index in [0.717, 1.165) is 13.2 Å². The zero-order chi connectivity index (χ0) is 8.72. The van der Waals surface area contributed by atoms with Crippen molar-refractivity contribution in [1.29, 1.82) is 0 Å². The molecule has 4 heteroatoms.